The van der Waals surface area contributed by atoms with Gasteiger partial charge in [0.15, 0.2) is 0 Å². The molecule has 1 aromatic rings. The maximum atomic E-state index is 12.0. The molecule has 0 aliphatic rings. The minimum absolute atomic E-state index is 0.219. The van der Waals surface area contributed by atoms with Gasteiger partial charge in [-0.3, -0.25) is 4.79 Å². The predicted molar refractivity (Wildman–Crippen MR) is 66.4 cm³/mol. The van der Waals surface area contributed by atoms with Crippen molar-refractivity contribution in [3.63, 3.8) is 0 Å². The second kappa shape index (κ2) is 6.60. The molecular formula is C13H16F3NO3. The number of carbonyl (C=O) groups excluding carboxylic acids is 1. The molecule has 2 atom stereocenters. The van der Waals surface area contributed by atoms with E-state index in [1.54, 1.807) is 13.8 Å². The van der Waals surface area contributed by atoms with Gasteiger partial charge in [0.25, 0.3) is 5.91 Å². The Morgan fingerprint density at radius 1 is 1.30 bits per heavy atom. The highest BCUT2D eigenvalue weighted by Crippen LogP contribution is 2.22. The van der Waals surface area contributed by atoms with Gasteiger partial charge in [0.2, 0.25) is 0 Å². The summed E-state index contributed by atoms with van der Waals surface area (Å²) in [6.07, 6.45) is -4.91. The average molecular weight is 291 g/mol. The molecule has 4 nitrogen and oxygen atoms in total. The minimum atomic E-state index is -4.75. The van der Waals surface area contributed by atoms with Crippen LogP contribution in [0, 0.1) is 0 Å². The van der Waals surface area contributed by atoms with Gasteiger partial charge in [-0.2, -0.15) is 0 Å². The van der Waals surface area contributed by atoms with E-state index in [2.05, 4.69) is 10.1 Å². The first-order chi connectivity index (χ1) is 9.17. The standard InChI is InChI=1S/C13H16F3NO3/c1-8(7-9(2)18)17-12(19)10-3-5-11(6-4-10)20-13(14,15)16/h3-6,8-9,18H,7H2,1-2H3,(H,17,19). The summed E-state index contributed by atoms with van der Waals surface area (Å²) in [5.74, 6) is -0.803. The van der Waals surface area contributed by atoms with Crippen molar-refractivity contribution >= 4 is 5.91 Å². The van der Waals surface area contributed by atoms with Crippen LogP contribution in [0.4, 0.5) is 13.2 Å². The Balaban J connectivity index is 2.62. The van der Waals surface area contributed by atoms with Crippen LogP contribution >= 0.6 is 0 Å². The summed E-state index contributed by atoms with van der Waals surface area (Å²) >= 11 is 0. The molecule has 1 rings (SSSR count). The van der Waals surface area contributed by atoms with Gasteiger partial charge in [-0.15, -0.1) is 13.2 Å². The van der Waals surface area contributed by atoms with Crippen molar-refractivity contribution in [2.45, 2.75) is 38.8 Å². The monoisotopic (exact) mass is 291 g/mol. The molecule has 0 spiro atoms. The first-order valence-corrected chi connectivity index (χ1v) is 6.02. The Labute approximate surface area is 114 Å². The molecule has 112 valence electrons. The van der Waals surface area contributed by atoms with E-state index in [0.717, 1.165) is 12.1 Å². The molecule has 0 heterocycles. The van der Waals surface area contributed by atoms with Crippen LogP contribution < -0.4 is 10.1 Å². The van der Waals surface area contributed by atoms with E-state index in [4.69, 9.17) is 0 Å². The number of alkyl halides is 3. The van der Waals surface area contributed by atoms with Crippen molar-refractivity contribution in [1.82, 2.24) is 5.32 Å². The normalized spacial score (nSPS) is 14.5. The summed E-state index contributed by atoms with van der Waals surface area (Å²) in [4.78, 5) is 11.8. The number of aliphatic hydroxyl groups excluding tert-OH is 1. The molecule has 0 aromatic heterocycles. The Kier molecular flexibility index (Phi) is 5.38. The van der Waals surface area contributed by atoms with Crippen molar-refractivity contribution in [1.29, 1.82) is 0 Å². The fourth-order valence-electron chi connectivity index (χ4n) is 1.69. The molecule has 0 aliphatic heterocycles. The van der Waals surface area contributed by atoms with Crippen LogP contribution in [0.2, 0.25) is 0 Å². The van der Waals surface area contributed by atoms with Crippen molar-refractivity contribution in [2.75, 3.05) is 0 Å². The molecule has 0 saturated heterocycles. The second-order valence-electron chi connectivity index (χ2n) is 4.53. The van der Waals surface area contributed by atoms with E-state index in [0.29, 0.717) is 6.42 Å². The van der Waals surface area contributed by atoms with Crippen LogP contribution in [0.15, 0.2) is 24.3 Å². The van der Waals surface area contributed by atoms with Crippen LogP contribution in [0.5, 0.6) is 5.75 Å². The van der Waals surface area contributed by atoms with E-state index in [1.165, 1.54) is 12.1 Å². The molecule has 0 bridgehead atoms. The Hall–Kier alpha value is -1.76. The van der Waals surface area contributed by atoms with E-state index >= 15 is 0 Å². The van der Waals surface area contributed by atoms with Gasteiger partial charge in [0, 0.05) is 11.6 Å². The quantitative estimate of drug-likeness (QED) is 0.876. The van der Waals surface area contributed by atoms with Crippen LogP contribution in [0.25, 0.3) is 0 Å². The van der Waals surface area contributed by atoms with Gasteiger partial charge in [-0.05, 0) is 44.5 Å². The van der Waals surface area contributed by atoms with E-state index in [-0.39, 0.29) is 17.4 Å². The molecule has 1 aromatic carbocycles. The fourth-order valence-corrected chi connectivity index (χ4v) is 1.69. The number of carbonyl (C=O) groups is 1. The van der Waals surface area contributed by atoms with Gasteiger partial charge in [-0.25, -0.2) is 0 Å². The van der Waals surface area contributed by atoms with Crippen LogP contribution in [-0.4, -0.2) is 29.5 Å². The summed E-state index contributed by atoms with van der Waals surface area (Å²) in [5, 5.41) is 11.8. The summed E-state index contributed by atoms with van der Waals surface area (Å²) in [6, 6.07) is 4.38. The van der Waals surface area contributed by atoms with Gasteiger partial charge in [0.05, 0.1) is 6.10 Å². The molecule has 1 amide bonds. The number of benzene rings is 1. The fraction of sp³-hybridized carbons (Fsp3) is 0.462. The summed E-state index contributed by atoms with van der Waals surface area (Å²) in [7, 11) is 0. The van der Waals surface area contributed by atoms with E-state index < -0.39 is 18.4 Å². The third-order valence-corrected chi connectivity index (χ3v) is 2.42. The number of ether oxygens (including phenoxy) is 1. The highest BCUT2D eigenvalue weighted by Gasteiger charge is 2.31. The zero-order valence-corrected chi connectivity index (χ0v) is 11.1. The molecule has 2 unspecified atom stereocenters. The number of nitrogens with one attached hydrogen (secondary N) is 1. The topological polar surface area (TPSA) is 58.6 Å². The van der Waals surface area contributed by atoms with Crippen molar-refractivity contribution in [3.05, 3.63) is 29.8 Å². The van der Waals surface area contributed by atoms with Crippen molar-refractivity contribution in [2.24, 2.45) is 0 Å². The minimum Gasteiger partial charge on any atom is -0.406 e. The first-order valence-electron chi connectivity index (χ1n) is 6.02. The highest BCUT2D eigenvalue weighted by atomic mass is 19.4. The number of aliphatic hydroxyl groups is 1. The van der Waals surface area contributed by atoms with Crippen LogP contribution in [0.1, 0.15) is 30.6 Å². The summed E-state index contributed by atoms with van der Waals surface area (Å²) in [5.41, 5.74) is 0.219. The van der Waals surface area contributed by atoms with Crippen LogP contribution in [-0.2, 0) is 0 Å². The van der Waals surface area contributed by atoms with Gasteiger partial charge >= 0.3 is 6.36 Å². The largest absolute Gasteiger partial charge is 0.573 e. The lowest BCUT2D eigenvalue weighted by molar-refractivity contribution is -0.274. The van der Waals surface area contributed by atoms with E-state index in [9.17, 15) is 23.1 Å². The second-order valence-corrected chi connectivity index (χ2v) is 4.53. The number of hydrogen-bond donors (Lipinski definition) is 2. The van der Waals surface area contributed by atoms with Crippen molar-refractivity contribution in [3.8, 4) is 5.75 Å². The molecule has 0 saturated carbocycles. The number of amides is 1. The lowest BCUT2D eigenvalue weighted by Gasteiger charge is -2.15. The van der Waals surface area contributed by atoms with Gasteiger partial charge in [-0.1, -0.05) is 0 Å². The highest BCUT2D eigenvalue weighted by molar-refractivity contribution is 5.94. The Bertz CT molecular complexity index is 443. The molecule has 0 aliphatic carbocycles. The SMILES string of the molecule is CC(O)CC(C)NC(=O)c1ccc(OC(F)(F)F)cc1. The maximum absolute atomic E-state index is 12.0. The molecule has 20 heavy (non-hydrogen) atoms. The number of halogens is 3. The third-order valence-electron chi connectivity index (χ3n) is 2.42. The molecule has 7 heteroatoms. The Morgan fingerprint density at radius 3 is 2.30 bits per heavy atom. The molecule has 0 radical (unpaired) electrons. The van der Waals surface area contributed by atoms with Crippen LogP contribution in [0.3, 0.4) is 0 Å². The molecule has 0 fully saturated rings. The third kappa shape index (κ3) is 5.92. The predicted octanol–water partition coefficient (Wildman–Crippen LogP) is 2.47. The molecule has 2 N–H and O–H groups in total. The first kappa shape index (κ1) is 16.3. The zero-order valence-electron chi connectivity index (χ0n) is 11.1. The lowest BCUT2D eigenvalue weighted by Crippen LogP contribution is -2.34. The zero-order chi connectivity index (χ0) is 15.3. The molecular weight excluding hydrogens is 275 g/mol. The lowest BCUT2D eigenvalue weighted by atomic mass is 10.1. The summed E-state index contributed by atoms with van der Waals surface area (Å²) in [6.45, 7) is 3.33. The maximum Gasteiger partial charge on any atom is 0.573 e. The van der Waals surface area contributed by atoms with E-state index in [1.807, 2.05) is 0 Å². The number of rotatable bonds is 5. The van der Waals surface area contributed by atoms with Gasteiger partial charge < -0.3 is 15.2 Å². The average Bonchev–Trinajstić information content (AvgIpc) is 2.26. The Morgan fingerprint density at radius 2 is 1.85 bits per heavy atom. The smallest absolute Gasteiger partial charge is 0.406 e. The summed E-state index contributed by atoms with van der Waals surface area (Å²) < 4.78 is 39.6. The van der Waals surface area contributed by atoms with Crippen molar-refractivity contribution < 1.29 is 27.8 Å². The van der Waals surface area contributed by atoms with Gasteiger partial charge in [0.1, 0.15) is 5.75 Å². The number of hydrogen-bond acceptors (Lipinski definition) is 3.